The molecule has 0 amide bonds. The second-order valence-electron chi connectivity index (χ2n) is 4.71. The minimum absolute atomic E-state index is 0.598. The van der Waals surface area contributed by atoms with Crippen LogP contribution in [0.3, 0.4) is 0 Å². The first-order valence-electron chi connectivity index (χ1n) is 6.19. The van der Waals surface area contributed by atoms with Gasteiger partial charge >= 0.3 is 0 Å². The number of benzene rings is 1. The highest BCUT2D eigenvalue weighted by Gasteiger charge is 2.31. The first-order chi connectivity index (χ1) is 8.88. The van der Waals surface area contributed by atoms with Crippen molar-refractivity contribution in [3.63, 3.8) is 0 Å². The number of nitrogens with zero attached hydrogens (tertiary/aromatic N) is 2. The van der Waals surface area contributed by atoms with Gasteiger partial charge in [-0.05, 0) is 11.1 Å². The Kier molecular flexibility index (Phi) is 1.91. The van der Waals surface area contributed by atoms with Crippen LogP contribution < -0.4 is 11.1 Å². The molecule has 90 valence electrons. The molecule has 0 unspecified atom stereocenters. The zero-order valence-corrected chi connectivity index (χ0v) is 9.98. The van der Waals surface area contributed by atoms with E-state index in [-0.39, 0.29) is 0 Å². The van der Waals surface area contributed by atoms with Gasteiger partial charge in [0.2, 0.25) is 0 Å². The third-order valence-corrected chi connectivity index (χ3v) is 3.83. The van der Waals surface area contributed by atoms with E-state index >= 15 is 0 Å². The molecule has 3 aliphatic rings. The van der Waals surface area contributed by atoms with Crippen LogP contribution in [-0.4, -0.2) is 17.7 Å². The Morgan fingerprint density at radius 3 is 3.22 bits per heavy atom. The smallest absolute Gasteiger partial charge is 0.149 e. The Morgan fingerprint density at radius 2 is 2.33 bits per heavy atom. The summed E-state index contributed by atoms with van der Waals surface area (Å²) in [5, 5.41) is 3.38. The van der Waals surface area contributed by atoms with Crippen molar-refractivity contribution in [1.29, 1.82) is 0 Å². The molecule has 0 fully saturated rings. The van der Waals surface area contributed by atoms with Crippen molar-refractivity contribution in [1.82, 2.24) is 10.2 Å². The van der Waals surface area contributed by atoms with Gasteiger partial charge in [0.1, 0.15) is 5.82 Å². The second-order valence-corrected chi connectivity index (χ2v) is 4.71. The lowest BCUT2D eigenvalue weighted by molar-refractivity contribution is 0.484. The molecule has 0 bridgehead atoms. The Labute approximate surface area is 105 Å². The molecule has 4 nitrogen and oxygen atoms in total. The van der Waals surface area contributed by atoms with E-state index < -0.39 is 0 Å². The third kappa shape index (κ3) is 1.15. The number of nitrogens with two attached hydrogens (primary N) is 1. The Balaban J connectivity index is 1.82. The molecule has 2 heterocycles. The lowest BCUT2D eigenvalue weighted by atomic mass is 10.0. The largest absolute Gasteiger partial charge is 0.357 e. The monoisotopic (exact) mass is 238 g/mol. The molecule has 0 saturated heterocycles. The van der Waals surface area contributed by atoms with E-state index in [1.807, 2.05) is 12.4 Å². The maximum atomic E-state index is 5.83. The summed E-state index contributed by atoms with van der Waals surface area (Å²) < 4.78 is 0. The van der Waals surface area contributed by atoms with Crippen LogP contribution >= 0.6 is 0 Å². The molecule has 0 radical (unpaired) electrons. The summed E-state index contributed by atoms with van der Waals surface area (Å²) in [7, 11) is 0. The summed E-state index contributed by atoms with van der Waals surface area (Å²) in [5.41, 5.74) is 12.3. The number of fused-ring (bicyclic) bond motifs is 4. The molecule has 0 spiro atoms. The van der Waals surface area contributed by atoms with E-state index in [0.29, 0.717) is 6.54 Å². The van der Waals surface area contributed by atoms with Crippen LogP contribution in [0, 0.1) is 0 Å². The molecule has 1 aromatic rings. The maximum absolute atomic E-state index is 5.83. The fraction of sp³-hybridized carbons (Fsp3) is 0.214. The Hall–Kier alpha value is -2.07. The average molecular weight is 238 g/mol. The number of hydrogen-bond donors (Lipinski definition) is 2. The van der Waals surface area contributed by atoms with Crippen LogP contribution in [-0.2, 0) is 13.0 Å². The number of rotatable bonds is 1. The van der Waals surface area contributed by atoms with Gasteiger partial charge in [0, 0.05) is 36.6 Å². The van der Waals surface area contributed by atoms with E-state index in [9.17, 15) is 0 Å². The maximum Gasteiger partial charge on any atom is 0.149 e. The second kappa shape index (κ2) is 3.46. The topological polar surface area (TPSA) is 53.6 Å². The Bertz CT molecular complexity index is 625. The van der Waals surface area contributed by atoms with Crippen LogP contribution in [0.5, 0.6) is 0 Å². The van der Waals surface area contributed by atoms with Gasteiger partial charge in [0.05, 0.1) is 12.2 Å². The zero-order valence-electron chi connectivity index (χ0n) is 9.98. The number of aliphatic imine (C=N–C) groups is 1. The molecule has 0 saturated carbocycles. The summed E-state index contributed by atoms with van der Waals surface area (Å²) in [6.07, 6.45) is 4.88. The van der Waals surface area contributed by atoms with E-state index in [2.05, 4.69) is 33.4 Å². The number of hydrogen-bond acceptors (Lipinski definition) is 4. The summed E-state index contributed by atoms with van der Waals surface area (Å²) in [6, 6.07) is 6.37. The summed E-state index contributed by atoms with van der Waals surface area (Å²) in [5.74, 6) is 1.01. The van der Waals surface area contributed by atoms with Gasteiger partial charge in [-0.2, -0.15) is 0 Å². The summed E-state index contributed by atoms with van der Waals surface area (Å²) in [4.78, 5) is 6.63. The summed E-state index contributed by atoms with van der Waals surface area (Å²) >= 11 is 0. The average Bonchev–Trinajstić information content (AvgIpc) is 3.01. The van der Waals surface area contributed by atoms with Crippen LogP contribution in [0.15, 0.2) is 40.9 Å². The zero-order chi connectivity index (χ0) is 12.1. The standard InChI is InChI=1S/C14H14N4/c15-7-9-2-1-3-10-11(9)6-12-14(10)17-8-13-16-4-5-18(12)13/h1-4,8,17H,5-7,15H2. The molecule has 1 aromatic carbocycles. The van der Waals surface area contributed by atoms with E-state index in [1.165, 1.54) is 28.1 Å². The van der Waals surface area contributed by atoms with Crippen molar-refractivity contribution in [2.45, 2.75) is 13.0 Å². The predicted molar refractivity (Wildman–Crippen MR) is 71.4 cm³/mol. The highest BCUT2D eigenvalue weighted by atomic mass is 15.3. The van der Waals surface area contributed by atoms with Crippen LogP contribution in [0.4, 0.5) is 0 Å². The quantitative estimate of drug-likeness (QED) is 0.772. The summed E-state index contributed by atoms with van der Waals surface area (Å²) in [6.45, 7) is 1.47. The molecule has 0 atom stereocenters. The van der Waals surface area contributed by atoms with Gasteiger partial charge in [-0.3, -0.25) is 0 Å². The first-order valence-corrected chi connectivity index (χ1v) is 6.19. The van der Waals surface area contributed by atoms with Crippen molar-refractivity contribution < 1.29 is 0 Å². The van der Waals surface area contributed by atoms with Gasteiger partial charge in [-0.1, -0.05) is 18.2 Å². The van der Waals surface area contributed by atoms with Gasteiger partial charge in [0.15, 0.2) is 0 Å². The van der Waals surface area contributed by atoms with Crippen molar-refractivity contribution in [2.75, 3.05) is 6.54 Å². The minimum Gasteiger partial charge on any atom is -0.357 e. The molecule has 4 rings (SSSR count). The van der Waals surface area contributed by atoms with Crippen molar-refractivity contribution in [3.8, 4) is 0 Å². The molecule has 3 N–H and O–H groups in total. The predicted octanol–water partition coefficient (Wildman–Crippen LogP) is 1.16. The van der Waals surface area contributed by atoms with Gasteiger partial charge < -0.3 is 16.0 Å². The fourth-order valence-corrected chi connectivity index (χ4v) is 2.95. The van der Waals surface area contributed by atoms with Crippen LogP contribution in [0.1, 0.15) is 16.7 Å². The normalized spacial score (nSPS) is 19.4. The van der Waals surface area contributed by atoms with Crippen molar-refractivity contribution in [3.05, 3.63) is 52.6 Å². The van der Waals surface area contributed by atoms with Gasteiger partial charge in [0.25, 0.3) is 0 Å². The third-order valence-electron chi connectivity index (χ3n) is 3.83. The number of nitrogens with one attached hydrogen (secondary N) is 1. The fourth-order valence-electron chi connectivity index (χ4n) is 2.95. The highest BCUT2D eigenvalue weighted by molar-refractivity contribution is 5.79. The molecular weight excluding hydrogens is 224 g/mol. The Morgan fingerprint density at radius 1 is 1.39 bits per heavy atom. The van der Waals surface area contributed by atoms with Crippen LogP contribution in [0.2, 0.25) is 0 Å². The van der Waals surface area contributed by atoms with Gasteiger partial charge in [-0.25, -0.2) is 4.99 Å². The SMILES string of the molecule is NCc1cccc2c1CC1=C2NC=C2N=CCN21. The van der Waals surface area contributed by atoms with E-state index in [0.717, 1.165) is 18.8 Å². The van der Waals surface area contributed by atoms with E-state index in [1.54, 1.807) is 0 Å². The lowest BCUT2D eigenvalue weighted by Gasteiger charge is -2.25. The molecule has 1 aliphatic carbocycles. The first kappa shape index (κ1) is 9.91. The molecule has 0 aromatic heterocycles. The number of allylic oxidation sites excluding steroid dienone is 1. The van der Waals surface area contributed by atoms with Crippen molar-refractivity contribution in [2.24, 2.45) is 10.7 Å². The van der Waals surface area contributed by atoms with E-state index in [4.69, 9.17) is 5.73 Å². The highest BCUT2D eigenvalue weighted by Crippen LogP contribution is 2.39. The van der Waals surface area contributed by atoms with Gasteiger partial charge in [-0.15, -0.1) is 0 Å². The minimum atomic E-state index is 0.598. The molecule has 4 heteroatoms. The van der Waals surface area contributed by atoms with Crippen LogP contribution in [0.25, 0.3) is 5.70 Å². The molecule has 18 heavy (non-hydrogen) atoms. The lowest BCUT2D eigenvalue weighted by Crippen LogP contribution is -2.26. The molecular formula is C14H14N4. The molecule has 2 aliphatic heterocycles. The van der Waals surface area contributed by atoms with Crippen molar-refractivity contribution >= 4 is 11.9 Å².